The van der Waals surface area contributed by atoms with Crippen molar-refractivity contribution < 1.29 is 18.0 Å². The molecule has 0 unspecified atom stereocenters. The first-order valence-corrected chi connectivity index (χ1v) is 14.7. The Bertz CT molecular complexity index is 1380. The Morgan fingerprint density at radius 2 is 1.54 bits per heavy atom. The number of amides is 2. The third kappa shape index (κ3) is 7.26. The van der Waals surface area contributed by atoms with Crippen LogP contribution < -0.4 is 9.62 Å². The van der Waals surface area contributed by atoms with Crippen molar-refractivity contribution in [2.24, 2.45) is 0 Å². The van der Waals surface area contributed by atoms with E-state index in [1.807, 2.05) is 57.2 Å². The molecule has 3 rings (SSSR count). The molecule has 0 spiro atoms. The van der Waals surface area contributed by atoms with Gasteiger partial charge < -0.3 is 10.2 Å². The normalized spacial score (nSPS) is 12.2. The minimum absolute atomic E-state index is 0.0948. The van der Waals surface area contributed by atoms with Gasteiger partial charge in [0.1, 0.15) is 12.6 Å². The number of nitrogens with one attached hydrogen (secondary N) is 1. The van der Waals surface area contributed by atoms with E-state index in [1.54, 1.807) is 36.4 Å². The van der Waals surface area contributed by atoms with Gasteiger partial charge in [-0.15, -0.1) is 0 Å². The van der Waals surface area contributed by atoms with Crippen LogP contribution in [0.2, 0.25) is 0 Å². The molecule has 0 aromatic heterocycles. The molecule has 0 saturated carbocycles. The fourth-order valence-electron chi connectivity index (χ4n) is 4.48. The summed E-state index contributed by atoms with van der Waals surface area (Å²) >= 11 is 0. The molecule has 0 fully saturated rings. The van der Waals surface area contributed by atoms with Crippen molar-refractivity contribution >= 4 is 27.5 Å². The molecule has 0 bridgehead atoms. The lowest BCUT2D eigenvalue weighted by atomic mass is 10.0. The molecule has 1 atom stereocenters. The van der Waals surface area contributed by atoms with Gasteiger partial charge in [0.15, 0.2) is 0 Å². The number of hydrogen-bond acceptors (Lipinski definition) is 4. The lowest BCUT2D eigenvalue weighted by Crippen LogP contribution is -2.51. The third-order valence-electron chi connectivity index (χ3n) is 6.80. The van der Waals surface area contributed by atoms with Crippen LogP contribution in [0.3, 0.4) is 0 Å². The molecular weight excluding hydrogens is 510 g/mol. The van der Waals surface area contributed by atoms with Crippen molar-refractivity contribution in [3.05, 3.63) is 95.1 Å². The maximum Gasteiger partial charge on any atom is 0.264 e. The summed E-state index contributed by atoms with van der Waals surface area (Å²) in [5.74, 6) is -0.492. The molecule has 39 heavy (non-hydrogen) atoms. The van der Waals surface area contributed by atoms with Gasteiger partial charge >= 0.3 is 0 Å². The van der Waals surface area contributed by atoms with Crippen molar-refractivity contribution in [2.45, 2.75) is 64.4 Å². The molecule has 8 heteroatoms. The molecule has 3 aromatic carbocycles. The van der Waals surface area contributed by atoms with Crippen LogP contribution in [0.5, 0.6) is 0 Å². The maximum atomic E-state index is 14.0. The number of sulfonamides is 1. The monoisotopic (exact) mass is 549 g/mol. The number of carbonyl (C=O) groups excluding carboxylic acids is 2. The summed E-state index contributed by atoms with van der Waals surface area (Å²) in [6.07, 6.45) is 0.380. The second-order valence-electron chi connectivity index (χ2n) is 10.1. The van der Waals surface area contributed by atoms with Crippen molar-refractivity contribution in [1.29, 1.82) is 0 Å². The van der Waals surface area contributed by atoms with Crippen LogP contribution in [-0.2, 0) is 26.2 Å². The Morgan fingerprint density at radius 3 is 2.08 bits per heavy atom. The fraction of sp³-hybridized carbons (Fsp3) is 0.355. The predicted octanol–water partition coefficient (Wildman–Crippen LogP) is 5.18. The van der Waals surface area contributed by atoms with Gasteiger partial charge in [0.05, 0.1) is 10.6 Å². The van der Waals surface area contributed by atoms with Crippen LogP contribution in [0.25, 0.3) is 0 Å². The van der Waals surface area contributed by atoms with Crippen LogP contribution in [0.15, 0.2) is 77.7 Å². The summed E-state index contributed by atoms with van der Waals surface area (Å²) in [6.45, 7) is 9.53. The Kier molecular flexibility index (Phi) is 9.92. The van der Waals surface area contributed by atoms with E-state index in [4.69, 9.17) is 0 Å². The summed E-state index contributed by atoms with van der Waals surface area (Å²) in [4.78, 5) is 28.4. The van der Waals surface area contributed by atoms with Gasteiger partial charge in [0.25, 0.3) is 10.0 Å². The molecule has 2 amide bonds. The number of likely N-dealkylation sites (N-methyl/N-ethyl adjacent to an activating group) is 1. The summed E-state index contributed by atoms with van der Waals surface area (Å²) < 4.78 is 29.0. The average Bonchev–Trinajstić information content (AvgIpc) is 2.91. The molecule has 0 aliphatic carbocycles. The van der Waals surface area contributed by atoms with E-state index in [1.165, 1.54) is 11.9 Å². The van der Waals surface area contributed by atoms with Gasteiger partial charge in [-0.25, -0.2) is 8.42 Å². The second kappa shape index (κ2) is 12.9. The molecule has 0 aliphatic heterocycles. The van der Waals surface area contributed by atoms with Crippen molar-refractivity contribution in [3.8, 4) is 0 Å². The highest BCUT2D eigenvalue weighted by Crippen LogP contribution is 2.27. The maximum absolute atomic E-state index is 14.0. The largest absolute Gasteiger partial charge is 0.357 e. The molecule has 208 valence electrons. The van der Waals surface area contributed by atoms with E-state index in [0.29, 0.717) is 12.1 Å². The lowest BCUT2D eigenvalue weighted by molar-refractivity contribution is -0.140. The summed E-state index contributed by atoms with van der Waals surface area (Å²) in [6, 6.07) is 20.8. The van der Waals surface area contributed by atoms with Crippen LogP contribution in [-0.4, -0.2) is 44.8 Å². The van der Waals surface area contributed by atoms with E-state index >= 15 is 0 Å². The van der Waals surface area contributed by atoms with Crippen molar-refractivity contribution in [1.82, 2.24) is 10.2 Å². The highest BCUT2D eigenvalue weighted by atomic mass is 32.2. The number of nitrogens with zero attached hydrogens (tertiary/aromatic N) is 2. The molecule has 0 aliphatic rings. The quantitative estimate of drug-likeness (QED) is 0.357. The lowest BCUT2D eigenvalue weighted by Gasteiger charge is -2.33. The zero-order chi connectivity index (χ0) is 28.7. The van der Waals surface area contributed by atoms with Crippen LogP contribution in [0.1, 0.15) is 55.4 Å². The van der Waals surface area contributed by atoms with Gasteiger partial charge in [-0.05, 0) is 61.6 Å². The molecule has 3 aromatic rings. The molecular formula is C31H39N3O4S. The zero-order valence-corrected chi connectivity index (χ0v) is 24.5. The number of aryl methyl sites for hydroxylation is 2. The molecule has 1 N–H and O–H groups in total. The third-order valence-corrected chi connectivity index (χ3v) is 8.59. The minimum Gasteiger partial charge on any atom is -0.357 e. The summed E-state index contributed by atoms with van der Waals surface area (Å²) in [5.41, 5.74) is 4.27. The average molecular weight is 550 g/mol. The Hall–Kier alpha value is -3.65. The fourth-order valence-corrected chi connectivity index (χ4v) is 5.90. The number of carbonyl (C=O) groups is 2. The minimum atomic E-state index is -4.09. The highest BCUT2D eigenvalue weighted by Gasteiger charge is 2.33. The van der Waals surface area contributed by atoms with E-state index in [-0.39, 0.29) is 23.3 Å². The van der Waals surface area contributed by atoms with Gasteiger partial charge in [0.2, 0.25) is 11.8 Å². The molecule has 0 saturated heterocycles. The predicted molar refractivity (Wildman–Crippen MR) is 156 cm³/mol. The van der Waals surface area contributed by atoms with E-state index < -0.39 is 28.5 Å². The van der Waals surface area contributed by atoms with Crippen LogP contribution in [0, 0.1) is 13.8 Å². The van der Waals surface area contributed by atoms with Crippen molar-refractivity contribution in [3.63, 3.8) is 0 Å². The number of anilines is 1. The van der Waals surface area contributed by atoms with Crippen LogP contribution in [0.4, 0.5) is 5.69 Å². The first-order chi connectivity index (χ1) is 18.5. The smallest absolute Gasteiger partial charge is 0.264 e. The topological polar surface area (TPSA) is 86.8 Å². The number of benzene rings is 3. The van der Waals surface area contributed by atoms with E-state index in [2.05, 4.69) is 19.2 Å². The summed E-state index contributed by atoms with van der Waals surface area (Å²) in [7, 11) is -2.55. The Balaban J connectivity index is 2.07. The second-order valence-corrected chi connectivity index (χ2v) is 12.0. The molecule has 0 heterocycles. The Morgan fingerprint density at radius 1 is 0.897 bits per heavy atom. The van der Waals surface area contributed by atoms with Crippen LogP contribution >= 0.6 is 0 Å². The summed E-state index contributed by atoms with van der Waals surface area (Å²) in [5, 5.41) is 2.65. The zero-order valence-electron chi connectivity index (χ0n) is 23.6. The number of hydrogen-bond donors (Lipinski definition) is 1. The number of rotatable bonds is 11. The van der Waals surface area contributed by atoms with Gasteiger partial charge in [0, 0.05) is 13.6 Å². The Labute approximate surface area is 232 Å². The SMILES string of the molecule is CC[C@@H](C(=O)NC)N(Cc1cccc(C)c1)C(=O)CN(c1ccc(C(C)C)cc1)S(=O)(=O)c1ccc(C)cc1. The van der Waals surface area contributed by atoms with Crippen molar-refractivity contribution in [2.75, 3.05) is 17.9 Å². The first kappa shape index (κ1) is 29.9. The van der Waals surface area contributed by atoms with Gasteiger partial charge in [-0.1, -0.05) is 80.4 Å². The molecule has 0 radical (unpaired) electrons. The first-order valence-electron chi connectivity index (χ1n) is 13.2. The van der Waals surface area contributed by atoms with Gasteiger partial charge in [-0.2, -0.15) is 0 Å². The van der Waals surface area contributed by atoms with E-state index in [0.717, 1.165) is 26.6 Å². The highest BCUT2D eigenvalue weighted by molar-refractivity contribution is 7.92. The molecule has 7 nitrogen and oxygen atoms in total. The standard InChI is InChI=1S/C31H39N3O4S/c1-7-29(31(36)32-6)33(20-25-10-8-9-24(5)19-25)30(35)21-34(27-15-13-26(14-16-27)22(2)3)39(37,38)28-17-11-23(4)12-18-28/h8-19,22,29H,7,20-21H2,1-6H3,(H,32,36)/t29-/m0/s1. The van der Waals surface area contributed by atoms with Gasteiger partial charge in [-0.3, -0.25) is 13.9 Å². The van der Waals surface area contributed by atoms with E-state index in [9.17, 15) is 18.0 Å².